The fourth-order valence-electron chi connectivity index (χ4n) is 1.03. The maximum absolute atomic E-state index is 10.9. The van der Waals surface area contributed by atoms with Crippen LogP contribution in [-0.4, -0.2) is 26.9 Å². The lowest BCUT2D eigenvalue weighted by atomic mass is 10.2. The van der Waals surface area contributed by atoms with Gasteiger partial charge in [-0.15, -0.1) is 11.8 Å². The average molecular weight is 240 g/mol. The molecule has 0 saturated heterocycles. The summed E-state index contributed by atoms with van der Waals surface area (Å²) in [6, 6.07) is 6.24. The van der Waals surface area contributed by atoms with E-state index in [1.165, 1.54) is 12.1 Å². The number of carboxylic acids is 2. The summed E-state index contributed by atoms with van der Waals surface area (Å²) in [5, 5.41) is 17.7. The molecule has 0 amide bonds. The Labute approximate surface area is 97.3 Å². The van der Waals surface area contributed by atoms with Gasteiger partial charge in [-0.2, -0.15) is 0 Å². The Hall–Kier alpha value is -1.49. The van der Waals surface area contributed by atoms with Gasteiger partial charge in [0, 0.05) is 4.90 Å². The molecular weight excluding hydrogens is 228 g/mol. The zero-order chi connectivity index (χ0) is 12.3. The predicted molar refractivity (Wildman–Crippen MR) is 61.0 cm³/mol. The minimum absolute atomic E-state index is 0.159. The number of aliphatic carboxylic acids is 1. The van der Waals surface area contributed by atoms with Crippen LogP contribution in [0.25, 0.3) is 0 Å². The van der Waals surface area contributed by atoms with Gasteiger partial charge in [-0.05, 0) is 32.0 Å². The molecule has 0 unspecified atom stereocenters. The maximum Gasteiger partial charge on any atom is 0.335 e. The van der Waals surface area contributed by atoms with Gasteiger partial charge in [0.15, 0.2) is 0 Å². The van der Waals surface area contributed by atoms with Crippen molar-refractivity contribution in [3.05, 3.63) is 29.8 Å². The van der Waals surface area contributed by atoms with Crippen LogP contribution < -0.4 is 0 Å². The molecule has 0 aromatic heterocycles. The van der Waals surface area contributed by atoms with Crippen LogP contribution in [0.1, 0.15) is 24.2 Å². The highest BCUT2D eigenvalue weighted by Crippen LogP contribution is 2.32. The van der Waals surface area contributed by atoms with Crippen LogP contribution in [0.3, 0.4) is 0 Å². The van der Waals surface area contributed by atoms with E-state index in [-0.39, 0.29) is 5.56 Å². The monoisotopic (exact) mass is 240 g/mol. The van der Waals surface area contributed by atoms with Gasteiger partial charge in [0.25, 0.3) is 0 Å². The molecule has 0 bridgehead atoms. The third kappa shape index (κ3) is 3.00. The molecule has 2 N–H and O–H groups in total. The Morgan fingerprint density at radius 1 is 1.25 bits per heavy atom. The average Bonchev–Trinajstić information content (AvgIpc) is 2.17. The Balaban J connectivity index is 2.94. The summed E-state index contributed by atoms with van der Waals surface area (Å²) >= 11 is 1.12. The molecule has 0 saturated carbocycles. The van der Waals surface area contributed by atoms with Gasteiger partial charge in [0.1, 0.15) is 4.75 Å². The number of carboxylic acid groups (broad SMARTS) is 2. The summed E-state index contributed by atoms with van der Waals surface area (Å²) in [5.41, 5.74) is 0.159. The van der Waals surface area contributed by atoms with Gasteiger partial charge >= 0.3 is 11.9 Å². The smallest absolute Gasteiger partial charge is 0.335 e. The molecule has 0 heterocycles. The molecule has 0 aliphatic carbocycles. The van der Waals surface area contributed by atoms with E-state index < -0.39 is 16.7 Å². The van der Waals surface area contributed by atoms with Gasteiger partial charge in [-0.1, -0.05) is 6.07 Å². The first-order chi connectivity index (χ1) is 7.33. The molecule has 0 aliphatic rings. The number of thioether (sulfide) groups is 1. The second-order valence-corrected chi connectivity index (χ2v) is 5.45. The van der Waals surface area contributed by atoms with Crippen LogP contribution in [0.2, 0.25) is 0 Å². The molecule has 16 heavy (non-hydrogen) atoms. The predicted octanol–water partition coefficient (Wildman–Crippen LogP) is 2.34. The van der Waals surface area contributed by atoms with Crippen LogP contribution in [0.15, 0.2) is 29.2 Å². The van der Waals surface area contributed by atoms with Crippen molar-refractivity contribution in [2.45, 2.75) is 23.5 Å². The first kappa shape index (κ1) is 12.6. The Kier molecular flexibility index (Phi) is 3.59. The lowest BCUT2D eigenvalue weighted by molar-refractivity contribution is -0.138. The molecule has 1 rings (SSSR count). The highest BCUT2D eigenvalue weighted by Gasteiger charge is 2.28. The van der Waals surface area contributed by atoms with E-state index in [0.29, 0.717) is 4.90 Å². The Morgan fingerprint density at radius 3 is 2.38 bits per heavy atom. The molecule has 0 spiro atoms. The van der Waals surface area contributed by atoms with Crippen LogP contribution >= 0.6 is 11.8 Å². The molecule has 1 aromatic rings. The number of aromatic carboxylic acids is 1. The normalized spacial score (nSPS) is 11.1. The molecule has 86 valence electrons. The van der Waals surface area contributed by atoms with Crippen LogP contribution in [0.4, 0.5) is 0 Å². The van der Waals surface area contributed by atoms with Gasteiger partial charge in [-0.25, -0.2) is 4.79 Å². The van der Waals surface area contributed by atoms with E-state index in [9.17, 15) is 9.59 Å². The quantitative estimate of drug-likeness (QED) is 0.790. The summed E-state index contributed by atoms with van der Waals surface area (Å²) < 4.78 is -0.975. The van der Waals surface area contributed by atoms with E-state index >= 15 is 0 Å². The SMILES string of the molecule is CC(C)(Sc1cccc(C(=O)O)c1)C(=O)O. The van der Waals surface area contributed by atoms with Crippen LogP contribution in [0, 0.1) is 0 Å². The van der Waals surface area contributed by atoms with Crippen molar-refractivity contribution in [3.63, 3.8) is 0 Å². The molecule has 5 heteroatoms. The van der Waals surface area contributed by atoms with Crippen LogP contribution in [0.5, 0.6) is 0 Å². The number of hydrogen-bond acceptors (Lipinski definition) is 3. The second-order valence-electron chi connectivity index (χ2n) is 3.75. The van der Waals surface area contributed by atoms with Crippen molar-refractivity contribution in [1.82, 2.24) is 0 Å². The van der Waals surface area contributed by atoms with Crippen molar-refractivity contribution < 1.29 is 19.8 Å². The first-order valence-corrected chi connectivity index (χ1v) is 5.40. The first-order valence-electron chi connectivity index (χ1n) is 4.59. The van der Waals surface area contributed by atoms with Crippen molar-refractivity contribution in [1.29, 1.82) is 0 Å². The Morgan fingerprint density at radius 2 is 1.88 bits per heavy atom. The highest BCUT2D eigenvalue weighted by atomic mass is 32.2. The third-order valence-corrected chi connectivity index (χ3v) is 3.14. The number of hydrogen-bond donors (Lipinski definition) is 2. The van der Waals surface area contributed by atoms with E-state index in [2.05, 4.69) is 0 Å². The molecule has 0 fully saturated rings. The molecule has 1 aromatic carbocycles. The summed E-state index contributed by atoms with van der Waals surface area (Å²) in [5.74, 6) is -1.95. The fourth-order valence-corrected chi connectivity index (χ4v) is 2.04. The lowest BCUT2D eigenvalue weighted by Gasteiger charge is -2.18. The number of benzene rings is 1. The number of carbonyl (C=O) groups is 2. The van der Waals surface area contributed by atoms with Crippen molar-refractivity contribution >= 4 is 23.7 Å². The third-order valence-electron chi connectivity index (χ3n) is 1.97. The van der Waals surface area contributed by atoms with E-state index in [4.69, 9.17) is 10.2 Å². The van der Waals surface area contributed by atoms with Crippen molar-refractivity contribution in [2.75, 3.05) is 0 Å². The standard InChI is InChI=1S/C11H12O4S/c1-11(2,10(14)15)16-8-5-3-4-7(6-8)9(12)13/h3-6H,1-2H3,(H,12,13)(H,14,15). The fraction of sp³-hybridized carbons (Fsp3) is 0.273. The van der Waals surface area contributed by atoms with Gasteiger partial charge < -0.3 is 10.2 Å². The minimum atomic E-state index is -1.02. The van der Waals surface area contributed by atoms with Gasteiger partial charge in [0.05, 0.1) is 5.56 Å². The summed E-state index contributed by atoms with van der Waals surface area (Å²) in [6.07, 6.45) is 0. The van der Waals surface area contributed by atoms with E-state index in [1.54, 1.807) is 26.0 Å². The molecule has 0 atom stereocenters. The highest BCUT2D eigenvalue weighted by molar-refractivity contribution is 8.01. The van der Waals surface area contributed by atoms with Crippen LogP contribution in [-0.2, 0) is 4.79 Å². The van der Waals surface area contributed by atoms with Crippen molar-refractivity contribution in [3.8, 4) is 0 Å². The summed E-state index contributed by atoms with van der Waals surface area (Å²) in [7, 11) is 0. The second kappa shape index (κ2) is 4.57. The largest absolute Gasteiger partial charge is 0.480 e. The molecule has 0 aliphatic heterocycles. The molecule has 4 nitrogen and oxygen atoms in total. The minimum Gasteiger partial charge on any atom is -0.480 e. The van der Waals surface area contributed by atoms with E-state index in [1.807, 2.05) is 0 Å². The van der Waals surface area contributed by atoms with Gasteiger partial charge in [-0.3, -0.25) is 4.79 Å². The topological polar surface area (TPSA) is 74.6 Å². The molecule has 0 radical (unpaired) electrons. The lowest BCUT2D eigenvalue weighted by Crippen LogP contribution is -2.26. The summed E-state index contributed by atoms with van der Waals surface area (Å²) in [4.78, 5) is 22.3. The Bertz CT molecular complexity index is 426. The zero-order valence-electron chi connectivity index (χ0n) is 8.93. The van der Waals surface area contributed by atoms with Gasteiger partial charge in [0.2, 0.25) is 0 Å². The van der Waals surface area contributed by atoms with Crippen molar-refractivity contribution in [2.24, 2.45) is 0 Å². The zero-order valence-corrected chi connectivity index (χ0v) is 9.75. The summed E-state index contributed by atoms with van der Waals surface area (Å²) in [6.45, 7) is 3.15. The maximum atomic E-state index is 10.9. The van der Waals surface area contributed by atoms with E-state index in [0.717, 1.165) is 11.8 Å². The molecular formula is C11H12O4S. The number of rotatable bonds is 4.